The summed E-state index contributed by atoms with van der Waals surface area (Å²) in [6.07, 6.45) is 0.770. The van der Waals surface area contributed by atoms with Crippen molar-refractivity contribution in [2.24, 2.45) is 0 Å². The molecule has 0 aliphatic heterocycles. The van der Waals surface area contributed by atoms with Gasteiger partial charge in [-0.15, -0.1) is 0 Å². The van der Waals surface area contributed by atoms with Crippen LogP contribution in [0.5, 0.6) is 0 Å². The molecule has 5 nitrogen and oxygen atoms in total. The van der Waals surface area contributed by atoms with Gasteiger partial charge in [-0.1, -0.05) is 91.0 Å². The molecule has 5 rings (SSSR count). The Balaban J connectivity index is 1.98. The smallest absolute Gasteiger partial charge is 0.312 e. The largest absolute Gasteiger partial charge is 0.382 e. The van der Waals surface area contributed by atoms with Gasteiger partial charge in [0.25, 0.3) is 0 Å². The normalized spacial score (nSPS) is 11.6. The minimum absolute atomic E-state index is 0.0133. The SMILES string of the molecule is Nc1nc(F)nc2c1ncn2C(c1ccccc1)(c1ccccc1)c1ccccc1. The molecule has 146 valence electrons. The fourth-order valence-electron chi connectivity index (χ4n) is 4.09. The van der Waals surface area contributed by atoms with Crippen molar-refractivity contribution in [3.8, 4) is 0 Å². The molecule has 0 atom stereocenters. The first kappa shape index (κ1) is 18.0. The van der Waals surface area contributed by atoms with Crippen molar-refractivity contribution >= 4 is 17.0 Å². The molecule has 0 aliphatic rings. The second-order valence-corrected chi connectivity index (χ2v) is 6.97. The Morgan fingerprint density at radius 1 is 0.700 bits per heavy atom. The molecule has 0 amide bonds. The van der Waals surface area contributed by atoms with Crippen molar-refractivity contribution in [3.63, 3.8) is 0 Å². The maximum Gasteiger partial charge on any atom is 0.312 e. The van der Waals surface area contributed by atoms with E-state index in [9.17, 15) is 4.39 Å². The Hall–Kier alpha value is -4.06. The molecule has 0 spiro atoms. The molecule has 0 bridgehead atoms. The highest BCUT2D eigenvalue weighted by molar-refractivity contribution is 5.82. The van der Waals surface area contributed by atoms with Gasteiger partial charge in [-0.3, -0.25) is 4.57 Å². The maximum atomic E-state index is 14.2. The quantitative estimate of drug-likeness (QED) is 0.362. The number of nitrogen functional groups attached to an aromatic ring is 1. The van der Waals surface area contributed by atoms with Crippen molar-refractivity contribution in [1.29, 1.82) is 0 Å². The van der Waals surface area contributed by atoms with Crippen molar-refractivity contribution < 1.29 is 4.39 Å². The first-order valence-electron chi connectivity index (χ1n) is 9.54. The summed E-state index contributed by atoms with van der Waals surface area (Å²) in [5.74, 6) is 0.0133. The Morgan fingerprint density at radius 2 is 1.17 bits per heavy atom. The van der Waals surface area contributed by atoms with E-state index < -0.39 is 11.6 Å². The highest BCUT2D eigenvalue weighted by Crippen LogP contribution is 2.42. The summed E-state index contributed by atoms with van der Waals surface area (Å²) in [7, 11) is 0. The fourth-order valence-corrected chi connectivity index (χ4v) is 4.09. The van der Waals surface area contributed by atoms with Gasteiger partial charge in [-0.25, -0.2) is 4.98 Å². The lowest BCUT2D eigenvalue weighted by molar-refractivity contribution is 0.511. The zero-order chi connectivity index (χ0) is 20.6. The third-order valence-corrected chi connectivity index (χ3v) is 5.33. The third-order valence-electron chi connectivity index (χ3n) is 5.33. The molecule has 2 aromatic heterocycles. The summed E-state index contributed by atoms with van der Waals surface area (Å²) in [5, 5.41) is 0. The first-order chi connectivity index (χ1) is 14.7. The van der Waals surface area contributed by atoms with Gasteiger partial charge in [0, 0.05) is 0 Å². The topological polar surface area (TPSA) is 69.6 Å². The van der Waals surface area contributed by atoms with E-state index in [1.807, 2.05) is 95.6 Å². The summed E-state index contributed by atoms with van der Waals surface area (Å²) in [5.41, 5.74) is 8.77. The molecule has 2 heterocycles. The van der Waals surface area contributed by atoms with Crippen LogP contribution in [0.2, 0.25) is 0 Å². The van der Waals surface area contributed by atoms with E-state index >= 15 is 0 Å². The van der Waals surface area contributed by atoms with Gasteiger partial charge >= 0.3 is 6.08 Å². The van der Waals surface area contributed by atoms with E-state index in [4.69, 9.17) is 5.73 Å². The van der Waals surface area contributed by atoms with Gasteiger partial charge in [-0.05, 0) is 16.7 Å². The number of benzene rings is 3. The molecule has 0 fully saturated rings. The fraction of sp³-hybridized carbons (Fsp3) is 0.0417. The van der Waals surface area contributed by atoms with Gasteiger partial charge in [0.05, 0.1) is 6.33 Å². The number of nitrogens with two attached hydrogens (primary N) is 1. The number of halogens is 1. The van der Waals surface area contributed by atoms with Crippen LogP contribution in [0.4, 0.5) is 10.2 Å². The molecule has 3 aromatic carbocycles. The van der Waals surface area contributed by atoms with E-state index in [-0.39, 0.29) is 5.82 Å². The lowest BCUT2D eigenvalue weighted by Crippen LogP contribution is -2.37. The molecule has 2 N–H and O–H groups in total. The Morgan fingerprint density at radius 3 is 1.63 bits per heavy atom. The number of hydrogen-bond donors (Lipinski definition) is 1. The second kappa shape index (κ2) is 7.08. The lowest BCUT2D eigenvalue weighted by Gasteiger charge is -2.37. The van der Waals surface area contributed by atoms with Crippen LogP contribution in [0.1, 0.15) is 16.7 Å². The molecule has 30 heavy (non-hydrogen) atoms. The Kier molecular flexibility index (Phi) is 4.25. The number of fused-ring (bicyclic) bond motifs is 1. The van der Waals surface area contributed by atoms with E-state index in [2.05, 4.69) is 15.0 Å². The number of hydrogen-bond acceptors (Lipinski definition) is 4. The predicted octanol–water partition coefficient (Wildman–Crippen LogP) is 4.39. The van der Waals surface area contributed by atoms with Crippen LogP contribution in [0.15, 0.2) is 97.3 Å². The number of aromatic nitrogens is 4. The molecule has 0 radical (unpaired) electrons. The van der Waals surface area contributed by atoms with Gasteiger partial charge in [0.1, 0.15) is 11.1 Å². The van der Waals surface area contributed by atoms with Crippen LogP contribution in [-0.4, -0.2) is 19.5 Å². The van der Waals surface area contributed by atoms with Crippen LogP contribution < -0.4 is 5.73 Å². The minimum atomic E-state index is -0.884. The zero-order valence-corrected chi connectivity index (χ0v) is 16.0. The number of nitrogens with zero attached hydrogens (tertiary/aromatic N) is 4. The summed E-state index contributed by atoms with van der Waals surface area (Å²) >= 11 is 0. The molecule has 6 heteroatoms. The van der Waals surface area contributed by atoms with Gasteiger partial charge in [0.2, 0.25) is 0 Å². The summed E-state index contributed by atoms with van der Waals surface area (Å²) in [4.78, 5) is 12.2. The van der Waals surface area contributed by atoms with E-state index in [1.54, 1.807) is 6.33 Å². The van der Waals surface area contributed by atoms with Crippen molar-refractivity contribution in [2.75, 3.05) is 5.73 Å². The number of rotatable bonds is 4. The monoisotopic (exact) mass is 395 g/mol. The van der Waals surface area contributed by atoms with Crippen LogP contribution in [-0.2, 0) is 5.54 Å². The molecule has 0 aliphatic carbocycles. The van der Waals surface area contributed by atoms with Crippen LogP contribution in [0.25, 0.3) is 11.2 Å². The average molecular weight is 395 g/mol. The molecule has 0 saturated heterocycles. The van der Waals surface area contributed by atoms with Crippen molar-refractivity contribution in [2.45, 2.75) is 5.54 Å². The molecule has 5 aromatic rings. The average Bonchev–Trinajstić information content (AvgIpc) is 3.21. The van der Waals surface area contributed by atoms with Crippen LogP contribution >= 0.6 is 0 Å². The van der Waals surface area contributed by atoms with Crippen LogP contribution in [0.3, 0.4) is 0 Å². The second-order valence-electron chi connectivity index (χ2n) is 6.97. The maximum absolute atomic E-state index is 14.2. The highest BCUT2D eigenvalue weighted by atomic mass is 19.1. The summed E-state index contributed by atoms with van der Waals surface area (Å²) in [6, 6.07) is 30.1. The van der Waals surface area contributed by atoms with Crippen molar-refractivity contribution in [3.05, 3.63) is 120 Å². The molecule has 0 saturated carbocycles. The summed E-state index contributed by atoms with van der Waals surface area (Å²) < 4.78 is 16.1. The third kappa shape index (κ3) is 2.65. The van der Waals surface area contributed by atoms with E-state index in [0.717, 1.165) is 16.7 Å². The van der Waals surface area contributed by atoms with E-state index in [1.165, 1.54) is 0 Å². The minimum Gasteiger partial charge on any atom is -0.382 e. The number of anilines is 1. The molecular formula is C24H18FN5. The lowest BCUT2D eigenvalue weighted by atomic mass is 9.76. The first-order valence-corrected chi connectivity index (χ1v) is 9.54. The Labute approximate surface area is 172 Å². The molecular weight excluding hydrogens is 377 g/mol. The summed E-state index contributed by atoms with van der Waals surface area (Å²) in [6.45, 7) is 0. The van der Waals surface area contributed by atoms with Gasteiger partial charge in [-0.2, -0.15) is 14.4 Å². The highest BCUT2D eigenvalue weighted by Gasteiger charge is 2.40. The predicted molar refractivity (Wildman–Crippen MR) is 114 cm³/mol. The van der Waals surface area contributed by atoms with Crippen LogP contribution in [0, 0.1) is 6.08 Å². The van der Waals surface area contributed by atoms with Gasteiger partial charge < -0.3 is 5.73 Å². The number of imidazole rings is 1. The van der Waals surface area contributed by atoms with Crippen molar-refractivity contribution in [1.82, 2.24) is 19.5 Å². The van der Waals surface area contributed by atoms with E-state index in [0.29, 0.717) is 11.2 Å². The Bertz CT molecular complexity index is 1200. The zero-order valence-electron chi connectivity index (χ0n) is 16.0. The van der Waals surface area contributed by atoms with Gasteiger partial charge in [0.15, 0.2) is 11.5 Å². The molecule has 0 unspecified atom stereocenters. The standard InChI is InChI=1S/C24H18FN5/c25-23-28-21(26)20-22(29-23)30(16-27-20)24(17-10-4-1-5-11-17,18-12-6-2-7-13-18)19-14-8-3-9-15-19/h1-16H,(H2,26,28,29).